The molecule has 262 valence electrons. The van der Waals surface area contributed by atoms with E-state index in [1.54, 1.807) is 0 Å². The first-order valence-electron chi connectivity index (χ1n) is 18.7. The SMILES string of the molecule is c1ccc(-c2ccc(-c3nc(-c4ccccc4)nc(-c4cc(-c5cc(-c6ccccc6)c6sc7ccccc7c6c5)cc5oc6ccccc6c45)n3)cc2)cc1. The van der Waals surface area contributed by atoms with Crippen molar-refractivity contribution in [2.24, 2.45) is 0 Å². The zero-order chi connectivity index (χ0) is 37.0. The van der Waals surface area contributed by atoms with Crippen LogP contribution in [0.4, 0.5) is 0 Å². The molecule has 56 heavy (non-hydrogen) atoms. The lowest BCUT2D eigenvalue weighted by Gasteiger charge is -2.13. The summed E-state index contributed by atoms with van der Waals surface area (Å²) in [4.78, 5) is 15.6. The molecule has 0 aliphatic heterocycles. The Morgan fingerprint density at radius 1 is 0.339 bits per heavy atom. The number of furan rings is 1. The summed E-state index contributed by atoms with van der Waals surface area (Å²) >= 11 is 1.85. The van der Waals surface area contributed by atoms with Crippen molar-refractivity contribution in [2.75, 3.05) is 0 Å². The summed E-state index contributed by atoms with van der Waals surface area (Å²) in [6.07, 6.45) is 0. The zero-order valence-electron chi connectivity index (χ0n) is 30.1. The summed E-state index contributed by atoms with van der Waals surface area (Å²) in [5.74, 6) is 1.81. The van der Waals surface area contributed by atoms with Crippen molar-refractivity contribution in [1.82, 2.24) is 15.0 Å². The van der Waals surface area contributed by atoms with Crippen LogP contribution >= 0.6 is 11.3 Å². The fourth-order valence-electron chi connectivity index (χ4n) is 7.81. The lowest BCUT2D eigenvalue weighted by atomic mass is 9.93. The smallest absolute Gasteiger partial charge is 0.164 e. The molecule has 0 N–H and O–H groups in total. The van der Waals surface area contributed by atoms with Gasteiger partial charge in [-0.05, 0) is 64.2 Å². The lowest BCUT2D eigenvalue weighted by Crippen LogP contribution is -2.00. The van der Waals surface area contributed by atoms with Gasteiger partial charge in [0.2, 0.25) is 0 Å². The highest BCUT2D eigenvalue weighted by molar-refractivity contribution is 7.26. The molecule has 0 unspecified atom stereocenters. The van der Waals surface area contributed by atoms with Crippen molar-refractivity contribution >= 4 is 53.4 Å². The van der Waals surface area contributed by atoms with E-state index in [1.165, 1.54) is 31.3 Å². The molecule has 0 saturated heterocycles. The molecule has 0 bridgehead atoms. The Balaban J connectivity index is 1.17. The Bertz CT molecular complexity index is 3230. The molecule has 0 atom stereocenters. The van der Waals surface area contributed by atoms with Crippen LogP contribution in [0.5, 0.6) is 0 Å². The second-order valence-corrected chi connectivity index (χ2v) is 15.0. The highest BCUT2D eigenvalue weighted by atomic mass is 32.1. The molecule has 5 heteroatoms. The summed E-state index contributed by atoms with van der Waals surface area (Å²) in [6.45, 7) is 0. The first-order chi connectivity index (χ1) is 27.7. The fourth-order valence-corrected chi connectivity index (χ4v) is 9.03. The number of para-hydroxylation sites is 1. The van der Waals surface area contributed by atoms with E-state index in [0.29, 0.717) is 17.5 Å². The van der Waals surface area contributed by atoms with Crippen LogP contribution in [0, 0.1) is 0 Å². The summed E-state index contributed by atoms with van der Waals surface area (Å²) in [5, 5.41) is 4.49. The van der Waals surface area contributed by atoms with E-state index in [2.05, 4.69) is 140 Å². The minimum absolute atomic E-state index is 0.588. The van der Waals surface area contributed by atoms with Crippen molar-refractivity contribution in [2.45, 2.75) is 0 Å². The van der Waals surface area contributed by atoms with Crippen LogP contribution in [-0.2, 0) is 0 Å². The van der Waals surface area contributed by atoms with Crippen molar-refractivity contribution < 1.29 is 4.42 Å². The van der Waals surface area contributed by atoms with E-state index in [-0.39, 0.29) is 0 Å². The molecule has 0 spiro atoms. The predicted molar refractivity (Wildman–Crippen MR) is 233 cm³/mol. The number of benzene rings is 8. The Hall–Kier alpha value is -7.21. The third-order valence-corrected chi connectivity index (χ3v) is 11.8. The van der Waals surface area contributed by atoms with Crippen LogP contribution in [0.25, 0.3) is 110 Å². The number of nitrogens with zero attached hydrogens (tertiary/aromatic N) is 3. The van der Waals surface area contributed by atoms with Gasteiger partial charge in [0.15, 0.2) is 17.5 Å². The molecule has 11 aromatic rings. The van der Waals surface area contributed by atoms with Crippen molar-refractivity contribution in [3.05, 3.63) is 188 Å². The minimum Gasteiger partial charge on any atom is -0.456 e. The van der Waals surface area contributed by atoms with Gasteiger partial charge in [-0.3, -0.25) is 0 Å². The van der Waals surface area contributed by atoms with E-state index >= 15 is 0 Å². The molecule has 8 aromatic carbocycles. The number of aromatic nitrogens is 3. The number of hydrogen-bond donors (Lipinski definition) is 0. The quantitative estimate of drug-likeness (QED) is 0.171. The monoisotopic (exact) mass is 733 g/mol. The Labute approximate surface area is 327 Å². The highest BCUT2D eigenvalue weighted by Gasteiger charge is 2.21. The van der Waals surface area contributed by atoms with Gasteiger partial charge in [-0.2, -0.15) is 0 Å². The Morgan fingerprint density at radius 3 is 1.59 bits per heavy atom. The highest BCUT2D eigenvalue weighted by Crippen LogP contribution is 2.45. The first-order valence-corrected chi connectivity index (χ1v) is 19.5. The summed E-state index contributed by atoms with van der Waals surface area (Å²) in [6, 6.07) is 65.6. The molecule has 3 aromatic heterocycles. The maximum atomic E-state index is 6.65. The minimum atomic E-state index is 0.588. The molecule has 0 saturated carbocycles. The van der Waals surface area contributed by atoms with Crippen LogP contribution in [0.15, 0.2) is 192 Å². The van der Waals surface area contributed by atoms with Crippen molar-refractivity contribution in [3.8, 4) is 67.5 Å². The molecule has 0 aliphatic carbocycles. The van der Waals surface area contributed by atoms with Crippen LogP contribution in [-0.4, -0.2) is 15.0 Å². The van der Waals surface area contributed by atoms with E-state index < -0.39 is 0 Å². The van der Waals surface area contributed by atoms with Gasteiger partial charge < -0.3 is 4.42 Å². The molecule has 11 rings (SSSR count). The topological polar surface area (TPSA) is 51.8 Å². The van der Waals surface area contributed by atoms with Crippen molar-refractivity contribution in [3.63, 3.8) is 0 Å². The normalized spacial score (nSPS) is 11.6. The van der Waals surface area contributed by atoms with Gasteiger partial charge in [0.25, 0.3) is 0 Å². The summed E-state index contributed by atoms with van der Waals surface area (Å²) < 4.78 is 9.20. The largest absolute Gasteiger partial charge is 0.456 e. The fraction of sp³-hybridized carbons (Fsp3) is 0. The first kappa shape index (κ1) is 32.2. The number of hydrogen-bond acceptors (Lipinski definition) is 5. The van der Waals surface area contributed by atoms with Crippen LogP contribution in [0.2, 0.25) is 0 Å². The predicted octanol–water partition coefficient (Wildman–Crippen LogP) is 14.1. The van der Waals surface area contributed by atoms with Crippen LogP contribution < -0.4 is 0 Å². The van der Waals surface area contributed by atoms with Gasteiger partial charge in [-0.1, -0.05) is 152 Å². The van der Waals surface area contributed by atoms with Gasteiger partial charge in [0.05, 0.1) is 0 Å². The average molecular weight is 734 g/mol. The molecular weight excluding hydrogens is 703 g/mol. The van der Waals surface area contributed by atoms with E-state index in [4.69, 9.17) is 19.4 Å². The molecule has 4 nitrogen and oxygen atoms in total. The average Bonchev–Trinajstić information content (AvgIpc) is 3.85. The van der Waals surface area contributed by atoms with Gasteiger partial charge in [0.1, 0.15) is 11.2 Å². The second kappa shape index (κ2) is 13.3. The number of fused-ring (bicyclic) bond motifs is 6. The van der Waals surface area contributed by atoms with E-state index in [1.807, 2.05) is 59.9 Å². The molecule has 0 amide bonds. The van der Waals surface area contributed by atoms with Gasteiger partial charge in [-0.15, -0.1) is 11.3 Å². The third kappa shape index (κ3) is 5.56. The molecule has 0 radical (unpaired) electrons. The molecule has 0 aliphatic rings. The standard InChI is InChI=1S/C51H31N3OS/c1-4-14-32(15-5-1)33-24-26-36(27-25-33)50-52-49(35-18-8-3-9-19-35)53-51(54-50)43-30-38(31-45-47(43)40-21-10-12-22-44(40)55-45)37-28-41(34-16-6-2-7-17-34)48-42(29-37)39-20-11-13-23-46(39)56-48/h1-31H. The van der Waals surface area contributed by atoms with E-state index in [9.17, 15) is 0 Å². The summed E-state index contributed by atoms with van der Waals surface area (Å²) in [5.41, 5.74) is 11.1. The third-order valence-electron chi connectivity index (χ3n) is 10.5. The maximum Gasteiger partial charge on any atom is 0.164 e. The molecule has 0 fully saturated rings. The zero-order valence-corrected chi connectivity index (χ0v) is 30.9. The summed E-state index contributed by atoms with van der Waals surface area (Å²) in [7, 11) is 0. The maximum absolute atomic E-state index is 6.65. The van der Waals surface area contributed by atoms with Gasteiger partial charge in [-0.25, -0.2) is 15.0 Å². The van der Waals surface area contributed by atoms with Crippen LogP contribution in [0.3, 0.4) is 0 Å². The lowest BCUT2D eigenvalue weighted by molar-refractivity contribution is 0.669. The van der Waals surface area contributed by atoms with Gasteiger partial charge >= 0.3 is 0 Å². The van der Waals surface area contributed by atoms with E-state index in [0.717, 1.165) is 60.9 Å². The van der Waals surface area contributed by atoms with Crippen LogP contribution in [0.1, 0.15) is 0 Å². The molecule has 3 heterocycles. The number of rotatable bonds is 6. The van der Waals surface area contributed by atoms with Crippen molar-refractivity contribution in [1.29, 1.82) is 0 Å². The number of thiophene rings is 1. The Kier molecular flexibility index (Phi) is 7.64. The Morgan fingerprint density at radius 2 is 0.857 bits per heavy atom. The molecular formula is C51H31N3OS. The van der Waals surface area contributed by atoms with Gasteiger partial charge in [0, 0.05) is 53.2 Å². The second-order valence-electron chi connectivity index (χ2n) is 14.0.